The van der Waals surface area contributed by atoms with Gasteiger partial charge in [0.15, 0.2) is 0 Å². The Morgan fingerprint density at radius 2 is 2.00 bits per heavy atom. The minimum Gasteiger partial charge on any atom is -0.305 e. The molecule has 2 heterocycles. The van der Waals surface area contributed by atoms with Crippen LogP contribution in [-0.2, 0) is 13.6 Å². The average Bonchev–Trinajstić information content (AvgIpc) is 2.93. The fourth-order valence-corrected chi connectivity index (χ4v) is 3.25. The second kappa shape index (κ2) is 6.06. The second-order valence-electron chi connectivity index (χ2n) is 5.64. The monoisotopic (exact) mass is 292 g/mol. The number of aryl methyl sites for hydroxylation is 2. The first-order chi connectivity index (χ1) is 9.40. The minimum absolute atomic E-state index is 0.319. The lowest BCUT2D eigenvalue weighted by atomic mass is 10.2. The molecule has 2 aromatic heterocycles. The molecule has 0 bridgehead atoms. The molecule has 1 atom stereocenters. The molecule has 1 N–H and O–H groups in total. The number of nitrogens with one attached hydrogen (secondary N) is 1. The number of rotatable bonds is 5. The molecule has 0 aliphatic heterocycles. The van der Waals surface area contributed by atoms with Crippen LogP contribution in [0.15, 0.2) is 6.20 Å². The van der Waals surface area contributed by atoms with E-state index in [1.165, 1.54) is 21.1 Å². The van der Waals surface area contributed by atoms with Gasteiger partial charge in [-0.05, 0) is 20.8 Å². The molecule has 0 radical (unpaired) electrons. The summed E-state index contributed by atoms with van der Waals surface area (Å²) in [5.41, 5.74) is 3.63. The SMILES string of the molecule is Cc1nc(C(C)C)sc1[C@@H](C)NCc1cnn(C)c1C. The van der Waals surface area contributed by atoms with Gasteiger partial charge in [-0.25, -0.2) is 4.98 Å². The van der Waals surface area contributed by atoms with E-state index < -0.39 is 0 Å². The minimum atomic E-state index is 0.319. The lowest BCUT2D eigenvalue weighted by molar-refractivity contribution is 0.577. The number of thiazole rings is 1. The highest BCUT2D eigenvalue weighted by molar-refractivity contribution is 7.11. The molecule has 0 spiro atoms. The highest BCUT2D eigenvalue weighted by atomic mass is 32.1. The Balaban J connectivity index is 2.05. The molecule has 2 rings (SSSR count). The van der Waals surface area contributed by atoms with Crippen molar-refractivity contribution in [2.24, 2.45) is 7.05 Å². The third kappa shape index (κ3) is 3.10. The van der Waals surface area contributed by atoms with Gasteiger partial charge in [0, 0.05) is 41.7 Å². The molecule has 0 fully saturated rings. The van der Waals surface area contributed by atoms with Crippen LogP contribution in [0.3, 0.4) is 0 Å². The Labute approximate surface area is 125 Å². The van der Waals surface area contributed by atoms with Crippen LogP contribution in [0.5, 0.6) is 0 Å². The first-order valence-electron chi connectivity index (χ1n) is 7.08. The van der Waals surface area contributed by atoms with Crippen molar-refractivity contribution in [3.05, 3.63) is 33.0 Å². The van der Waals surface area contributed by atoms with Gasteiger partial charge in [-0.1, -0.05) is 13.8 Å². The van der Waals surface area contributed by atoms with E-state index in [9.17, 15) is 0 Å². The van der Waals surface area contributed by atoms with Crippen molar-refractivity contribution < 1.29 is 0 Å². The van der Waals surface area contributed by atoms with Crippen LogP contribution >= 0.6 is 11.3 Å². The second-order valence-corrected chi connectivity index (χ2v) is 6.70. The quantitative estimate of drug-likeness (QED) is 0.917. The molecule has 0 aromatic carbocycles. The lowest BCUT2D eigenvalue weighted by Gasteiger charge is -2.12. The highest BCUT2D eigenvalue weighted by Crippen LogP contribution is 2.29. The molecule has 0 unspecified atom stereocenters. The third-order valence-corrected chi connectivity index (χ3v) is 5.31. The van der Waals surface area contributed by atoms with Gasteiger partial charge < -0.3 is 5.32 Å². The van der Waals surface area contributed by atoms with Gasteiger partial charge >= 0.3 is 0 Å². The van der Waals surface area contributed by atoms with E-state index in [4.69, 9.17) is 0 Å². The van der Waals surface area contributed by atoms with Gasteiger partial charge in [0.2, 0.25) is 0 Å². The van der Waals surface area contributed by atoms with E-state index in [0.29, 0.717) is 12.0 Å². The number of aromatic nitrogens is 3. The van der Waals surface area contributed by atoms with Crippen molar-refractivity contribution in [2.45, 2.75) is 53.1 Å². The van der Waals surface area contributed by atoms with Crippen molar-refractivity contribution in [2.75, 3.05) is 0 Å². The summed E-state index contributed by atoms with van der Waals surface area (Å²) < 4.78 is 1.91. The highest BCUT2D eigenvalue weighted by Gasteiger charge is 2.16. The summed E-state index contributed by atoms with van der Waals surface area (Å²) in [6.07, 6.45) is 1.94. The first kappa shape index (κ1) is 15.2. The van der Waals surface area contributed by atoms with Crippen LogP contribution in [0.4, 0.5) is 0 Å². The van der Waals surface area contributed by atoms with Crippen LogP contribution < -0.4 is 5.32 Å². The normalized spacial score (nSPS) is 13.2. The molecule has 2 aromatic rings. The van der Waals surface area contributed by atoms with Crippen LogP contribution in [0.25, 0.3) is 0 Å². The van der Waals surface area contributed by atoms with E-state index in [1.807, 2.05) is 29.3 Å². The van der Waals surface area contributed by atoms with Gasteiger partial charge in [0.25, 0.3) is 0 Å². The van der Waals surface area contributed by atoms with Gasteiger partial charge in [0.1, 0.15) is 0 Å². The smallest absolute Gasteiger partial charge is 0.0956 e. The summed E-state index contributed by atoms with van der Waals surface area (Å²) in [4.78, 5) is 6.01. The van der Waals surface area contributed by atoms with Crippen LogP contribution in [0.1, 0.15) is 59.6 Å². The number of nitrogens with zero attached hydrogens (tertiary/aromatic N) is 3. The first-order valence-corrected chi connectivity index (χ1v) is 7.89. The Kier molecular flexibility index (Phi) is 4.60. The van der Waals surface area contributed by atoms with Gasteiger partial charge in [0.05, 0.1) is 16.9 Å². The van der Waals surface area contributed by atoms with Crippen LogP contribution in [-0.4, -0.2) is 14.8 Å². The molecule has 4 nitrogen and oxygen atoms in total. The maximum atomic E-state index is 4.67. The van der Waals surface area contributed by atoms with E-state index in [2.05, 4.69) is 50.0 Å². The summed E-state index contributed by atoms with van der Waals surface area (Å²) in [7, 11) is 1.98. The van der Waals surface area contributed by atoms with Crippen molar-refractivity contribution in [1.29, 1.82) is 0 Å². The molecular weight excluding hydrogens is 268 g/mol. The lowest BCUT2D eigenvalue weighted by Crippen LogP contribution is -2.18. The Bertz CT molecular complexity index is 583. The van der Waals surface area contributed by atoms with Crippen molar-refractivity contribution in [3.8, 4) is 0 Å². The zero-order valence-corrected chi connectivity index (χ0v) is 14.0. The molecule has 0 saturated carbocycles. The van der Waals surface area contributed by atoms with Crippen molar-refractivity contribution in [3.63, 3.8) is 0 Å². The largest absolute Gasteiger partial charge is 0.305 e. The topological polar surface area (TPSA) is 42.7 Å². The molecule has 5 heteroatoms. The molecule has 0 saturated heterocycles. The summed E-state index contributed by atoms with van der Waals surface area (Å²) in [6, 6.07) is 0.319. The van der Waals surface area contributed by atoms with Gasteiger partial charge in [-0.15, -0.1) is 11.3 Å². The van der Waals surface area contributed by atoms with Crippen LogP contribution in [0.2, 0.25) is 0 Å². The molecule has 20 heavy (non-hydrogen) atoms. The number of hydrogen-bond acceptors (Lipinski definition) is 4. The maximum Gasteiger partial charge on any atom is 0.0956 e. The standard InChI is InChI=1S/C15H24N4S/c1-9(2)15-18-11(4)14(20-15)10(3)16-7-13-8-17-19(6)12(13)5/h8-10,16H,7H2,1-6H3/t10-/m1/s1. The average molecular weight is 292 g/mol. The predicted molar refractivity (Wildman–Crippen MR) is 84.1 cm³/mol. The molecule has 0 amide bonds. The Morgan fingerprint density at radius 3 is 2.50 bits per heavy atom. The predicted octanol–water partition coefficient (Wildman–Crippen LogP) is 3.47. The maximum absolute atomic E-state index is 4.67. The molecular formula is C15H24N4S. The Morgan fingerprint density at radius 1 is 1.30 bits per heavy atom. The van der Waals surface area contributed by atoms with Crippen molar-refractivity contribution in [1.82, 2.24) is 20.1 Å². The van der Waals surface area contributed by atoms with Crippen molar-refractivity contribution >= 4 is 11.3 Å². The van der Waals surface area contributed by atoms with E-state index in [0.717, 1.165) is 12.2 Å². The zero-order chi connectivity index (χ0) is 14.9. The van der Waals surface area contributed by atoms with E-state index >= 15 is 0 Å². The summed E-state index contributed by atoms with van der Waals surface area (Å²) >= 11 is 1.83. The van der Waals surface area contributed by atoms with Gasteiger partial charge in [-0.3, -0.25) is 4.68 Å². The summed E-state index contributed by atoms with van der Waals surface area (Å²) in [5, 5.41) is 9.08. The van der Waals surface area contributed by atoms with Crippen LogP contribution in [0, 0.1) is 13.8 Å². The molecule has 0 aliphatic rings. The summed E-state index contributed by atoms with van der Waals surface area (Å²) in [5.74, 6) is 0.500. The Hall–Kier alpha value is -1.20. The number of hydrogen-bond donors (Lipinski definition) is 1. The molecule has 110 valence electrons. The van der Waals surface area contributed by atoms with Gasteiger partial charge in [-0.2, -0.15) is 5.10 Å². The van der Waals surface area contributed by atoms with E-state index in [-0.39, 0.29) is 0 Å². The molecule has 0 aliphatic carbocycles. The third-order valence-electron chi connectivity index (χ3n) is 3.67. The fourth-order valence-electron chi connectivity index (χ4n) is 2.15. The summed E-state index contributed by atoms with van der Waals surface area (Å²) in [6.45, 7) is 11.6. The van der Waals surface area contributed by atoms with E-state index in [1.54, 1.807) is 0 Å². The fraction of sp³-hybridized carbons (Fsp3) is 0.600. The zero-order valence-electron chi connectivity index (χ0n) is 13.2.